The Balaban J connectivity index is 1.88. The highest BCUT2D eigenvalue weighted by Crippen LogP contribution is 2.06. The van der Waals surface area contributed by atoms with Gasteiger partial charge in [0.1, 0.15) is 0 Å². The maximum Gasteiger partial charge on any atom is 0.0466 e. The third kappa shape index (κ3) is 11.8. The maximum absolute atomic E-state index is 5.75. The zero-order chi connectivity index (χ0) is 18.9. The third-order valence-corrected chi connectivity index (χ3v) is 4.47. The first-order valence-electron chi connectivity index (χ1n) is 10.0. The van der Waals surface area contributed by atoms with E-state index in [9.17, 15) is 0 Å². The predicted octanol–water partition coefficient (Wildman–Crippen LogP) is 5.82. The molecule has 0 saturated carbocycles. The summed E-state index contributed by atoms with van der Waals surface area (Å²) in [6.45, 7) is 11.5. The maximum atomic E-state index is 5.75. The van der Waals surface area contributed by atoms with Gasteiger partial charge in [0.05, 0.1) is 0 Å². The molecule has 0 fully saturated rings. The molecule has 2 heteroatoms. The summed E-state index contributed by atoms with van der Waals surface area (Å²) in [7, 11) is 2.17. The van der Waals surface area contributed by atoms with Gasteiger partial charge >= 0.3 is 0 Å². The van der Waals surface area contributed by atoms with E-state index in [-0.39, 0.29) is 0 Å². The van der Waals surface area contributed by atoms with Crippen LogP contribution in [0.2, 0.25) is 0 Å². The number of likely N-dealkylation sites (N-methyl/N-ethyl adjacent to an activating group) is 1. The molecule has 2 nitrogen and oxygen atoms in total. The number of hydrogen-bond donors (Lipinski definition) is 0. The van der Waals surface area contributed by atoms with Crippen LogP contribution in [-0.4, -0.2) is 38.3 Å². The normalized spacial score (nSPS) is 11.7. The van der Waals surface area contributed by atoms with Crippen molar-refractivity contribution < 1.29 is 4.74 Å². The molecule has 0 saturated heterocycles. The van der Waals surface area contributed by atoms with Crippen molar-refractivity contribution in [1.82, 2.24) is 4.90 Å². The van der Waals surface area contributed by atoms with Crippen molar-refractivity contribution in [2.24, 2.45) is 0 Å². The minimum Gasteiger partial charge on any atom is -0.381 e. The van der Waals surface area contributed by atoms with Crippen molar-refractivity contribution in [1.29, 1.82) is 0 Å². The number of ether oxygens (including phenoxy) is 1. The van der Waals surface area contributed by atoms with Gasteiger partial charge in [-0.1, -0.05) is 74.6 Å². The van der Waals surface area contributed by atoms with E-state index in [1.54, 1.807) is 0 Å². The minimum absolute atomic E-state index is 0.898. The average Bonchev–Trinajstić information content (AvgIpc) is 2.66. The summed E-state index contributed by atoms with van der Waals surface area (Å²) in [5.74, 6) is 0. The molecule has 1 rings (SSSR count). The van der Waals surface area contributed by atoms with Crippen LogP contribution in [0.1, 0.15) is 44.1 Å². The van der Waals surface area contributed by atoms with Gasteiger partial charge in [-0.3, -0.25) is 0 Å². The highest BCUT2D eigenvalue weighted by molar-refractivity contribution is 5.22. The highest BCUT2D eigenvalue weighted by atomic mass is 16.5. The topological polar surface area (TPSA) is 12.5 Å². The smallest absolute Gasteiger partial charge is 0.0466 e. The molecule has 0 radical (unpaired) electrons. The second kappa shape index (κ2) is 15.6. The molecule has 1 aromatic carbocycles. The van der Waals surface area contributed by atoms with E-state index in [1.165, 1.54) is 43.2 Å². The second-order valence-corrected chi connectivity index (χ2v) is 6.89. The van der Waals surface area contributed by atoms with E-state index in [1.807, 2.05) is 18.2 Å². The zero-order valence-electron chi connectivity index (χ0n) is 16.7. The van der Waals surface area contributed by atoms with Crippen LogP contribution in [0, 0.1) is 0 Å². The van der Waals surface area contributed by atoms with Crippen molar-refractivity contribution in [2.75, 3.05) is 33.4 Å². The van der Waals surface area contributed by atoms with E-state index in [0.29, 0.717) is 0 Å². The van der Waals surface area contributed by atoms with Crippen LogP contribution in [0.15, 0.2) is 67.3 Å². The first-order valence-corrected chi connectivity index (χ1v) is 10.0. The lowest BCUT2D eigenvalue weighted by Gasteiger charge is -2.16. The quantitative estimate of drug-likeness (QED) is 0.274. The van der Waals surface area contributed by atoms with Crippen LogP contribution in [0.3, 0.4) is 0 Å². The van der Waals surface area contributed by atoms with Crippen molar-refractivity contribution in [2.45, 2.75) is 44.9 Å². The number of rotatable bonds is 16. The lowest BCUT2D eigenvalue weighted by molar-refractivity contribution is 0.126. The first kappa shape index (κ1) is 22.4. The van der Waals surface area contributed by atoms with E-state index in [4.69, 9.17) is 4.74 Å². The minimum atomic E-state index is 0.898. The number of aryl methyl sites for hydroxylation is 1. The van der Waals surface area contributed by atoms with Crippen LogP contribution < -0.4 is 0 Å². The molecule has 0 unspecified atom stereocenters. The molecule has 0 aliphatic rings. The largest absolute Gasteiger partial charge is 0.381 e. The van der Waals surface area contributed by atoms with Gasteiger partial charge in [0.15, 0.2) is 0 Å². The van der Waals surface area contributed by atoms with Crippen molar-refractivity contribution in [3.63, 3.8) is 0 Å². The summed E-state index contributed by atoms with van der Waals surface area (Å²) in [6.07, 6.45) is 14.2. The summed E-state index contributed by atoms with van der Waals surface area (Å²) in [5, 5.41) is 0. The van der Waals surface area contributed by atoms with Crippen LogP contribution in [-0.2, 0) is 11.2 Å². The Labute approximate surface area is 161 Å². The number of benzene rings is 1. The molecule has 0 spiro atoms. The van der Waals surface area contributed by atoms with E-state index in [0.717, 1.165) is 39.1 Å². The Hall–Kier alpha value is -1.64. The fourth-order valence-corrected chi connectivity index (χ4v) is 2.95. The van der Waals surface area contributed by atoms with Gasteiger partial charge < -0.3 is 9.64 Å². The summed E-state index contributed by atoms with van der Waals surface area (Å²) in [5.41, 5.74) is 2.65. The molecule has 0 amide bonds. The van der Waals surface area contributed by atoms with Crippen molar-refractivity contribution in [3.8, 4) is 0 Å². The molecular formula is C24H37NO. The summed E-state index contributed by atoms with van der Waals surface area (Å²) < 4.78 is 5.75. The lowest BCUT2D eigenvalue weighted by atomic mass is 10.1. The van der Waals surface area contributed by atoms with Gasteiger partial charge in [-0.25, -0.2) is 0 Å². The zero-order valence-corrected chi connectivity index (χ0v) is 16.7. The van der Waals surface area contributed by atoms with Crippen LogP contribution >= 0.6 is 0 Å². The van der Waals surface area contributed by atoms with Crippen LogP contribution in [0.5, 0.6) is 0 Å². The average molecular weight is 356 g/mol. The molecule has 1 aromatic rings. The first-order chi connectivity index (χ1) is 12.8. The fourth-order valence-electron chi connectivity index (χ4n) is 2.95. The summed E-state index contributed by atoms with van der Waals surface area (Å²) in [4.78, 5) is 2.35. The number of nitrogens with zero attached hydrogens (tertiary/aromatic N) is 1. The summed E-state index contributed by atoms with van der Waals surface area (Å²) >= 11 is 0. The molecule has 0 N–H and O–H groups in total. The predicted molar refractivity (Wildman–Crippen MR) is 115 cm³/mol. The van der Waals surface area contributed by atoms with E-state index < -0.39 is 0 Å². The third-order valence-electron chi connectivity index (χ3n) is 4.47. The Morgan fingerprint density at radius 3 is 2.35 bits per heavy atom. The van der Waals surface area contributed by atoms with E-state index >= 15 is 0 Å². The highest BCUT2D eigenvalue weighted by Gasteiger charge is 2.00. The van der Waals surface area contributed by atoms with E-state index in [2.05, 4.69) is 55.4 Å². The molecule has 0 aromatic heterocycles. The monoisotopic (exact) mass is 355 g/mol. The molecule has 0 bridgehead atoms. The SMILES string of the molecule is C=C/C=C(\C=C)CN(C)CCCCCCOCCCCc1ccccc1. The molecule has 0 aliphatic heterocycles. The molecule has 26 heavy (non-hydrogen) atoms. The number of allylic oxidation sites excluding steroid dienone is 2. The standard InChI is InChI=1S/C24H37NO/c1-4-15-23(5-2)22-25(3)19-12-6-7-13-20-26-21-14-11-18-24-16-9-8-10-17-24/h4-5,8-10,15-17H,1-2,6-7,11-14,18-22H2,3H3/b23-15+. The molecule has 0 atom stereocenters. The Bertz CT molecular complexity index is 506. The van der Waals surface area contributed by atoms with Crippen molar-refractivity contribution >= 4 is 0 Å². The molecule has 144 valence electrons. The van der Waals surface area contributed by atoms with Gasteiger partial charge in [0.25, 0.3) is 0 Å². The molecule has 0 aliphatic carbocycles. The molecule has 0 heterocycles. The number of unbranched alkanes of at least 4 members (excludes halogenated alkanes) is 4. The van der Waals surface area contributed by atoms with Crippen LogP contribution in [0.25, 0.3) is 0 Å². The van der Waals surface area contributed by atoms with Crippen LogP contribution in [0.4, 0.5) is 0 Å². The van der Waals surface area contributed by atoms with Gasteiger partial charge in [0, 0.05) is 19.8 Å². The number of hydrogen-bond acceptors (Lipinski definition) is 2. The summed E-state index contributed by atoms with van der Waals surface area (Å²) in [6, 6.07) is 10.7. The van der Waals surface area contributed by atoms with Crippen molar-refractivity contribution in [3.05, 3.63) is 72.9 Å². The lowest BCUT2D eigenvalue weighted by Crippen LogP contribution is -2.21. The van der Waals surface area contributed by atoms with Gasteiger partial charge in [0.2, 0.25) is 0 Å². The Morgan fingerprint density at radius 1 is 0.962 bits per heavy atom. The second-order valence-electron chi connectivity index (χ2n) is 6.89. The van der Waals surface area contributed by atoms with Gasteiger partial charge in [-0.2, -0.15) is 0 Å². The Morgan fingerprint density at radius 2 is 1.65 bits per heavy atom. The van der Waals surface area contributed by atoms with Gasteiger partial charge in [-0.15, -0.1) is 0 Å². The van der Waals surface area contributed by atoms with Gasteiger partial charge in [-0.05, 0) is 56.8 Å². The Kier molecular flexibility index (Phi) is 13.4. The molecular weight excluding hydrogens is 318 g/mol. The fraction of sp³-hybridized carbons (Fsp3) is 0.500.